The highest BCUT2D eigenvalue weighted by molar-refractivity contribution is 5.98. The lowest BCUT2D eigenvalue weighted by Crippen LogP contribution is -2.40. The minimum Gasteiger partial charge on any atom is -0.348 e. The number of nitrogens with zero attached hydrogens (tertiary/aromatic N) is 1. The third-order valence-electron chi connectivity index (χ3n) is 3.22. The number of unbranched alkanes of at least 4 members (excludes halogenated alkanes) is 1. The van der Waals surface area contributed by atoms with Gasteiger partial charge in [-0.3, -0.25) is 14.9 Å². The molecule has 0 radical (unpaired) electrons. The second kappa shape index (κ2) is 9.32. The van der Waals surface area contributed by atoms with Crippen molar-refractivity contribution in [3.63, 3.8) is 0 Å². The Labute approximate surface area is 134 Å². The summed E-state index contributed by atoms with van der Waals surface area (Å²) in [4.78, 5) is 22.6. The first kappa shape index (κ1) is 20.3. The fraction of sp³-hybridized carbons (Fsp3) is 0.500. The van der Waals surface area contributed by atoms with Gasteiger partial charge in [0.05, 0.1) is 4.92 Å². The molecule has 1 unspecified atom stereocenters. The van der Waals surface area contributed by atoms with E-state index < -0.39 is 16.6 Å². The average Bonchev–Trinajstić information content (AvgIpc) is 2.41. The first-order valence-corrected chi connectivity index (χ1v) is 6.86. The van der Waals surface area contributed by atoms with Crippen LogP contribution in [0.3, 0.4) is 0 Å². The predicted octanol–water partition coefficient (Wildman–Crippen LogP) is 2.71. The van der Waals surface area contributed by atoms with E-state index in [2.05, 4.69) is 5.32 Å². The zero-order chi connectivity index (χ0) is 16.0. The lowest BCUT2D eigenvalue weighted by Gasteiger charge is -2.16. The van der Waals surface area contributed by atoms with E-state index in [1.807, 2.05) is 6.92 Å². The lowest BCUT2D eigenvalue weighted by molar-refractivity contribution is -0.385. The zero-order valence-electron chi connectivity index (χ0n) is 12.6. The molecule has 1 aromatic rings. The fourth-order valence-corrected chi connectivity index (χ4v) is 2.11. The number of amides is 1. The molecular weight excluding hydrogens is 313 g/mol. The molecule has 1 rings (SSSR count). The fourth-order valence-electron chi connectivity index (χ4n) is 2.11. The van der Waals surface area contributed by atoms with Crippen LogP contribution in [0.5, 0.6) is 0 Å². The molecule has 0 spiro atoms. The van der Waals surface area contributed by atoms with Crippen LogP contribution >= 0.6 is 12.4 Å². The van der Waals surface area contributed by atoms with Gasteiger partial charge in [0.15, 0.2) is 0 Å². The molecule has 0 aliphatic rings. The molecule has 6 nitrogen and oxygen atoms in total. The first-order chi connectivity index (χ1) is 9.90. The van der Waals surface area contributed by atoms with Crippen molar-refractivity contribution < 1.29 is 14.1 Å². The summed E-state index contributed by atoms with van der Waals surface area (Å²) < 4.78 is 13.4. The Morgan fingerprint density at radius 1 is 1.50 bits per heavy atom. The molecule has 3 N–H and O–H groups in total. The number of carbonyl (C=O) groups excluding carboxylic acids is 1. The zero-order valence-corrected chi connectivity index (χ0v) is 13.4. The molecule has 22 heavy (non-hydrogen) atoms. The number of nitro benzene ring substituents is 1. The molecule has 0 fully saturated rings. The van der Waals surface area contributed by atoms with Crippen LogP contribution < -0.4 is 11.1 Å². The van der Waals surface area contributed by atoms with Crippen LogP contribution in [-0.4, -0.2) is 23.4 Å². The number of carbonyl (C=O) groups is 1. The van der Waals surface area contributed by atoms with Crippen LogP contribution in [-0.2, 0) is 0 Å². The van der Waals surface area contributed by atoms with E-state index in [9.17, 15) is 19.3 Å². The van der Waals surface area contributed by atoms with Crippen LogP contribution in [0.15, 0.2) is 12.1 Å². The smallest absolute Gasteiger partial charge is 0.285 e. The molecule has 8 heteroatoms. The van der Waals surface area contributed by atoms with Gasteiger partial charge in [0, 0.05) is 18.2 Å². The Morgan fingerprint density at radius 2 is 2.14 bits per heavy atom. The van der Waals surface area contributed by atoms with E-state index in [4.69, 9.17) is 5.73 Å². The summed E-state index contributed by atoms with van der Waals surface area (Å²) in [5, 5.41) is 13.7. The van der Waals surface area contributed by atoms with Crippen molar-refractivity contribution in [2.45, 2.75) is 39.2 Å². The van der Waals surface area contributed by atoms with Crippen molar-refractivity contribution in [3.8, 4) is 0 Å². The van der Waals surface area contributed by atoms with Crippen LogP contribution in [0.1, 0.15) is 42.1 Å². The number of rotatable bonds is 7. The standard InChI is InChI=1S/C14H20FN3O3.ClH/c1-3-4-5-11(8-16)17-14(19)12-7-10(15)6-9(2)13(12)18(20)21;/h6-7,11H,3-5,8,16H2,1-2H3,(H,17,19);1H. The van der Waals surface area contributed by atoms with Crippen molar-refractivity contribution in [2.24, 2.45) is 5.73 Å². The summed E-state index contributed by atoms with van der Waals surface area (Å²) in [5.41, 5.74) is 5.04. The predicted molar refractivity (Wildman–Crippen MR) is 84.9 cm³/mol. The summed E-state index contributed by atoms with van der Waals surface area (Å²) >= 11 is 0. The van der Waals surface area contributed by atoms with Gasteiger partial charge in [-0.2, -0.15) is 0 Å². The molecule has 0 saturated carbocycles. The van der Waals surface area contributed by atoms with Crippen molar-refractivity contribution >= 4 is 24.0 Å². The van der Waals surface area contributed by atoms with Crippen LogP contribution in [0, 0.1) is 22.9 Å². The summed E-state index contributed by atoms with van der Waals surface area (Å²) in [7, 11) is 0. The summed E-state index contributed by atoms with van der Waals surface area (Å²) in [6.45, 7) is 3.64. The molecule has 0 heterocycles. The summed E-state index contributed by atoms with van der Waals surface area (Å²) in [6, 6.07) is 1.64. The van der Waals surface area contributed by atoms with E-state index in [1.54, 1.807) is 0 Å². The molecule has 0 saturated heterocycles. The largest absolute Gasteiger partial charge is 0.348 e. The van der Waals surface area contributed by atoms with Crippen LogP contribution in [0.2, 0.25) is 0 Å². The molecule has 1 aromatic carbocycles. The number of nitrogens with one attached hydrogen (secondary N) is 1. The van der Waals surface area contributed by atoms with Gasteiger partial charge in [-0.15, -0.1) is 12.4 Å². The monoisotopic (exact) mass is 333 g/mol. The molecule has 1 atom stereocenters. The van der Waals surface area contributed by atoms with Crippen molar-refractivity contribution in [1.82, 2.24) is 5.32 Å². The van der Waals surface area contributed by atoms with E-state index in [-0.39, 0.29) is 41.8 Å². The first-order valence-electron chi connectivity index (χ1n) is 6.86. The minimum atomic E-state index is -0.680. The lowest BCUT2D eigenvalue weighted by atomic mass is 10.1. The molecule has 1 amide bonds. The number of benzene rings is 1. The van der Waals surface area contributed by atoms with Crippen LogP contribution in [0.25, 0.3) is 0 Å². The highest BCUT2D eigenvalue weighted by atomic mass is 35.5. The van der Waals surface area contributed by atoms with Crippen molar-refractivity contribution in [2.75, 3.05) is 6.54 Å². The van der Waals surface area contributed by atoms with Gasteiger partial charge in [-0.05, 0) is 25.5 Å². The van der Waals surface area contributed by atoms with E-state index in [0.29, 0.717) is 6.42 Å². The van der Waals surface area contributed by atoms with Gasteiger partial charge in [-0.25, -0.2) is 4.39 Å². The highest BCUT2D eigenvalue weighted by Gasteiger charge is 2.25. The Hall–Kier alpha value is -1.73. The molecule has 0 bridgehead atoms. The molecule has 124 valence electrons. The number of nitrogens with two attached hydrogens (primary N) is 1. The Kier molecular flexibility index (Phi) is 8.59. The van der Waals surface area contributed by atoms with Gasteiger partial charge in [-0.1, -0.05) is 19.8 Å². The second-order valence-electron chi connectivity index (χ2n) is 4.92. The Morgan fingerprint density at radius 3 is 2.64 bits per heavy atom. The highest BCUT2D eigenvalue weighted by Crippen LogP contribution is 2.24. The van der Waals surface area contributed by atoms with Crippen molar-refractivity contribution in [3.05, 3.63) is 39.2 Å². The van der Waals surface area contributed by atoms with Gasteiger partial charge in [0.25, 0.3) is 11.6 Å². The molecule has 0 aromatic heterocycles. The van der Waals surface area contributed by atoms with Gasteiger partial charge >= 0.3 is 0 Å². The number of nitro groups is 1. The third kappa shape index (κ3) is 5.23. The molecular formula is C14H21ClFN3O3. The quantitative estimate of drug-likeness (QED) is 0.592. The number of halogens is 2. The van der Waals surface area contributed by atoms with Gasteiger partial charge in [0.1, 0.15) is 11.4 Å². The van der Waals surface area contributed by atoms with E-state index in [0.717, 1.165) is 25.0 Å². The molecule has 0 aliphatic carbocycles. The maximum absolute atomic E-state index is 13.4. The second-order valence-corrected chi connectivity index (χ2v) is 4.92. The Balaban J connectivity index is 0.00000441. The van der Waals surface area contributed by atoms with Crippen LogP contribution in [0.4, 0.5) is 10.1 Å². The summed E-state index contributed by atoms with van der Waals surface area (Å²) in [6.07, 6.45) is 2.51. The summed E-state index contributed by atoms with van der Waals surface area (Å²) in [5.74, 6) is -1.35. The van der Waals surface area contributed by atoms with Crippen molar-refractivity contribution in [1.29, 1.82) is 0 Å². The number of hydrogen-bond acceptors (Lipinski definition) is 4. The number of aryl methyl sites for hydroxylation is 1. The normalized spacial score (nSPS) is 11.5. The minimum absolute atomic E-state index is 0. The Bertz CT molecular complexity index is 540. The third-order valence-corrected chi connectivity index (χ3v) is 3.22. The maximum Gasteiger partial charge on any atom is 0.285 e. The number of hydrogen-bond donors (Lipinski definition) is 2. The van der Waals surface area contributed by atoms with Gasteiger partial charge in [0.2, 0.25) is 0 Å². The van der Waals surface area contributed by atoms with Gasteiger partial charge < -0.3 is 11.1 Å². The molecule has 0 aliphatic heterocycles. The SMILES string of the molecule is CCCCC(CN)NC(=O)c1cc(F)cc(C)c1[N+](=O)[O-].Cl. The average molecular weight is 334 g/mol. The topological polar surface area (TPSA) is 98.3 Å². The maximum atomic E-state index is 13.4. The van der Waals surface area contributed by atoms with E-state index >= 15 is 0 Å². The van der Waals surface area contributed by atoms with E-state index in [1.165, 1.54) is 6.92 Å².